The fourth-order valence-electron chi connectivity index (χ4n) is 1.77. The number of hydrogen-bond acceptors (Lipinski definition) is 3. The molecule has 21 heavy (non-hydrogen) atoms. The monoisotopic (exact) mass is 297 g/mol. The molecule has 0 aromatic heterocycles. The Bertz CT molecular complexity index is 365. The van der Waals surface area contributed by atoms with E-state index in [1.54, 1.807) is 0 Å². The summed E-state index contributed by atoms with van der Waals surface area (Å²) in [6.45, 7) is 16.1. The van der Waals surface area contributed by atoms with E-state index in [-0.39, 0.29) is 22.6 Å². The molecule has 1 rings (SSSR count). The first-order valence-electron chi connectivity index (χ1n) is 7.78. The number of rotatable bonds is 7. The van der Waals surface area contributed by atoms with Gasteiger partial charge in [-0.1, -0.05) is 48.5 Å². The van der Waals surface area contributed by atoms with Crippen LogP contribution in [0.4, 0.5) is 0 Å². The third kappa shape index (κ3) is 6.89. The van der Waals surface area contributed by atoms with Crippen LogP contribution in [0.15, 0.2) is 12.2 Å². The van der Waals surface area contributed by atoms with Crippen molar-refractivity contribution >= 4 is 11.8 Å². The van der Waals surface area contributed by atoms with E-state index in [9.17, 15) is 9.59 Å². The Balaban J connectivity index is 0.00000191. The van der Waals surface area contributed by atoms with E-state index in [0.717, 1.165) is 6.42 Å². The Kier molecular flexibility index (Phi) is 7.86. The number of imide groups is 1. The van der Waals surface area contributed by atoms with E-state index in [1.807, 2.05) is 27.7 Å². The van der Waals surface area contributed by atoms with Gasteiger partial charge in [-0.2, -0.15) is 0 Å². The molecule has 0 fully saturated rings. The lowest BCUT2D eigenvalue weighted by molar-refractivity contribution is -0.139. The minimum Gasteiger partial charge on any atom is -0.380 e. The molecule has 0 bridgehead atoms. The van der Waals surface area contributed by atoms with E-state index in [2.05, 4.69) is 20.8 Å². The second kappa shape index (κ2) is 8.32. The summed E-state index contributed by atoms with van der Waals surface area (Å²) in [5.74, 6) is -0.459. The van der Waals surface area contributed by atoms with Crippen molar-refractivity contribution in [1.29, 1.82) is 0 Å². The van der Waals surface area contributed by atoms with Crippen LogP contribution in [-0.4, -0.2) is 36.5 Å². The highest BCUT2D eigenvalue weighted by atomic mass is 16.5. The lowest BCUT2D eigenvalue weighted by Crippen LogP contribution is -2.41. The Hall–Kier alpha value is -1.16. The molecule has 4 heteroatoms. The number of carbonyl (C=O) groups excluding carboxylic acids is 2. The molecule has 1 aliphatic rings. The zero-order valence-corrected chi connectivity index (χ0v) is 14.7. The van der Waals surface area contributed by atoms with Crippen molar-refractivity contribution in [3.05, 3.63) is 12.2 Å². The van der Waals surface area contributed by atoms with Crippen LogP contribution in [0.5, 0.6) is 0 Å². The maximum atomic E-state index is 11.5. The average Bonchev–Trinajstić information content (AvgIpc) is 2.72. The summed E-state index contributed by atoms with van der Waals surface area (Å²) < 4.78 is 5.77. The highest BCUT2D eigenvalue weighted by molar-refractivity contribution is 6.12. The molecule has 0 N–H and O–H groups in total. The Morgan fingerprint density at radius 1 is 0.952 bits per heavy atom. The second-order valence-electron chi connectivity index (χ2n) is 6.77. The van der Waals surface area contributed by atoms with E-state index in [1.165, 1.54) is 17.1 Å². The molecule has 0 radical (unpaired) electrons. The fraction of sp³-hybridized carbons (Fsp3) is 0.765. The third-order valence-electron chi connectivity index (χ3n) is 3.43. The highest BCUT2D eigenvalue weighted by Gasteiger charge is 2.31. The van der Waals surface area contributed by atoms with Gasteiger partial charge in [-0.25, -0.2) is 0 Å². The molecule has 0 aliphatic carbocycles. The van der Waals surface area contributed by atoms with E-state index < -0.39 is 0 Å². The molecule has 0 atom stereocenters. The van der Waals surface area contributed by atoms with E-state index >= 15 is 0 Å². The number of amides is 2. The zero-order valence-electron chi connectivity index (χ0n) is 14.7. The van der Waals surface area contributed by atoms with Crippen LogP contribution in [0.25, 0.3) is 0 Å². The third-order valence-corrected chi connectivity index (χ3v) is 3.43. The smallest absolute Gasteiger partial charge is 0.253 e. The predicted octanol–water partition coefficient (Wildman–Crippen LogP) is 3.42. The molecule has 1 heterocycles. The molecule has 0 aromatic carbocycles. The van der Waals surface area contributed by atoms with Crippen LogP contribution in [0.3, 0.4) is 0 Å². The normalized spacial score (nSPS) is 15.3. The number of nitrogens with zero attached hydrogens (tertiary/aromatic N) is 1. The first kappa shape index (κ1) is 19.8. The molecular weight excluding hydrogens is 266 g/mol. The van der Waals surface area contributed by atoms with Gasteiger partial charge in [-0.3, -0.25) is 14.5 Å². The number of ether oxygens (including phenoxy) is 1. The standard InChI is InChI=1S/C15H25NO3.C2H6/c1-6-14(2,3)10-19-11-15(4,5)9-16-12(17)7-8-13(16)18;1-2/h7-8H,6,9-11H2,1-5H3;1-2H3. The summed E-state index contributed by atoms with van der Waals surface area (Å²) >= 11 is 0. The quantitative estimate of drug-likeness (QED) is 0.676. The summed E-state index contributed by atoms with van der Waals surface area (Å²) in [4.78, 5) is 24.3. The topological polar surface area (TPSA) is 46.6 Å². The van der Waals surface area contributed by atoms with Crippen LogP contribution < -0.4 is 0 Å². The van der Waals surface area contributed by atoms with Crippen molar-refractivity contribution in [1.82, 2.24) is 4.90 Å². The van der Waals surface area contributed by atoms with Crippen LogP contribution in [0.2, 0.25) is 0 Å². The largest absolute Gasteiger partial charge is 0.380 e. The van der Waals surface area contributed by atoms with Crippen molar-refractivity contribution in [3.63, 3.8) is 0 Å². The molecule has 1 aliphatic heterocycles. The molecule has 0 spiro atoms. The van der Waals surface area contributed by atoms with Crippen LogP contribution in [-0.2, 0) is 14.3 Å². The Morgan fingerprint density at radius 2 is 1.38 bits per heavy atom. The number of carbonyl (C=O) groups is 2. The van der Waals surface area contributed by atoms with Gasteiger partial charge in [0.15, 0.2) is 0 Å². The van der Waals surface area contributed by atoms with Gasteiger partial charge < -0.3 is 4.74 Å². The maximum absolute atomic E-state index is 11.5. The van der Waals surface area contributed by atoms with Gasteiger partial charge >= 0.3 is 0 Å². The number of hydrogen-bond donors (Lipinski definition) is 0. The summed E-state index contributed by atoms with van der Waals surface area (Å²) in [5.41, 5.74) is -0.0713. The molecule has 4 nitrogen and oxygen atoms in total. The molecule has 0 unspecified atom stereocenters. The Labute approximate surface area is 129 Å². The minimum absolute atomic E-state index is 0.164. The Morgan fingerprint density at radius 3 is 1.81 bits per heavy atom. The van der Waals surface area contributed by atoms with Gasteiger partial charge in [0.05, 0.1) is 13.2 Å². The van der Waals surface area contributed by atoms with Crippen molar-refractivity contribution in [3.8, 4) is 0 Å². The molecule has 0 saturated carbocycles. The first-order valence-corrected chi connectivity index (χ1v) is 7.78. The minimum atomic E-state index is -0.235. The maximum Gasteiger partial charge on any atom is 0.253 e. The molecule has 2 amide bonds. The van der Waals surface area contributed by atoms with Crippen LogP contribution >= 0.6 is 0 Å². The highest BCUT2D eigenvalue weighted by Crippen LogP contribution is 2.24. The average molecular weight is 297 g/mol. The van der Waals surface area contributed by atoms with Gasteiger partial charge in [-0.15, -0.1) is 0 Å². The van der Waals surface area contributed by atoms with Crippen molar-refractivity contribution < 1.29 is 14.3 Å². The summed E-state index contributed by atoms with van der Waals surface area (Å²) in [5, 5.41) is 0. The molecule has 122 valence electrons. The lowest BCUT2D eigenvalue weighted by Gasteiger charge is -2.31. The van der Waals surface area contributed by atoms with Gasteiger partial charge in [0.25, 0.3) is 11.8 Å². The van der Waals surface area contributed by atoms with Crippen molar-refractivity contribution in [2.24, 2.45) is 10.8 Å². The predicted molar refractivity (Wildman–Crippen MR) is 85.9 cm³/mol. The summed E-state index contributed by atoms with van der Waals surface area (Å²) in [6.07, 6.45) is 3.69. The zero-order chi connectivity index (χ0) is 16.7. The molecular formula is C17H31NO3. The van der Waals surface area contributed by atoms with Crippen molar-refractivity contribution in [2.45, 2.75) is 54.9 Å². The fourth-order valence-corrected chi connectivity index (χ4v) is 1.77. The summed E-state index contributed by atoms with van der Waals surface area (Å²) in [6, 6.07) is 0. The van der Waals surface area contributed by atoms with E-state index in [0.29, 0.717) is 19.8 Å². The summed E-state index contributed by atoms with van der Waals surface area (Å²) in [7, 11) is 0. The van der Waals surface area contributed by atoms with Crippen LogP contribution in [0, 0.1) is 10.8 Å². The lowest BCUT2D eigenvalue weighted by atomic mass is 9.91. The second-order valence-corrected chi connectivity index (χ2v) is 6.77. The van der Waals surface area contributed by atoms with Gasteiger partial charge in [-0.05, 0) is 11.8 Å². The first-order chi connectivity index (χ1) is 9.67. The molecule has 0 saturated heterocycles. The SMILES string of the molecule is CC.CCC(C)(C)COCC(C)(C)CN1C(=O)C=CC1=O. The van der Waals surface area contributed by atoms with Crippen LogP contribution in [0.1, 0.15) is 54.9 Å². The molecule has 0 aromatic rings. The van der Waals surface area contributed by atoms with Gasteiger partial charge in [0, 0.05) is 24.1 Å². The van der Waals surface area contributed by atoms with Crippen molar-refractivity contribution in [2.75, 3.05) is 19.8 Å². The van der Waals surface area contributed by atoms with Gasteiger partial charge in [0.2, 0.25) is 0 Å². The van der Waals surface area contributed by atoms with Gasteiger partial charge in [0.1, 0.15) is 0 Å². The van der Waals surface area contributed by atoms with E-state index in [4.69, 9.17) is 4.74 Å².